The maximum Gasteiger partial charge on any atom is 0.167 e. The van der Waals surface area contributed by atoms with Crippen LogP contribution in [-0.2, 0) is 9.53 Å². The van der Waals surface area contributed by atoms with Crippen molar-refractivity contribution >= 4 is 11.4 Å². The number of hydrogen-bond donors (Lipinski definition) is 0. The number of methoxy groups -OCH3 is 1. The molecule has 1 aromatic rings. The van der Waals surface area contributed by atoms with Crippen molar-refractivity contribution in [1.29, 1.82) is 0 Å². The summed E-state index contributed by atoms with van der Waals surface area (Å²) in [4.78, 5) is 11.7. The smallest absolute Gasteiger partial charge is 0.167 e. The van der Waals surface area contributed by atoms with Crippen LogP contribution in [0, 0.1) is 12.7 Å². The Morgan fingerprint density at radius 2 is 2.06 bits per heavy atom. The highest BCUT2D eigenvalue weighted by Crippen LogP contribution is 2.33. The number of rotatable bonds is 2. The molecule has 0 heterocycles. The van der Waals surface area contributed by atoms with Gasteiger partial charge < -0.3 is 4.74 Å². The van der Waals surface area contributed by atoms with Crippen molar-refractivity contribution in [2.45, 2.75) is 19.8 Å². The van der Waals surface area contributed by atoms with Gasteiger partial charge in [0.05, 0.1) is 12.7 Å². The van der Waals surface area contributed by atoms with Crippen LogP contribution >= 0.6 is 0 Å². The van der Waals surface area contributed by atoms with Crippen molar-refractivity contribution < 1.29 is 13.9 Å². The van der Waals surface area contributed by atoms with E-state index in [4.69, 9.17) is 4.74 Å². The number of Topliss-reactive ketones (excluding diaryl/α,β-unsaturated/α-hetero) is 1. The monoisotopic (exact) mass is 220 g/mol. The third-order valence-corrected chi connectivity index (χ3v) is 2.84. The first-order valence-corrected chi connectivity index (χ1v) is 5.20. The Labute approximate surface area is 93.7 Å². The molecule has 3 heteroatoms. The van der Waals surface area contributed by atoms with Gasteiger partial charge in [-0.05, 0) is 30.2 Å². The van der Waals surface area contributed by atoms with Gasteiger partial charge in [-0.3, -0.25) is 4.79 Å². The second-order valence-electron chi connectivity index (χ2n) is 3.88. The van der Waals surface area contributed by atoms with Crippen LogP contribution in [0.1, 0.15) is 24.0 Å². The largest absolute Gasteiger partial charge is 0.500 e. The van der Waals surface area contributed by atoms with Crippen molar-refractivity contribution in [2.75, 3.05) is 7.11 Å². The second kappa shape index (κ2) is 4.08. The maximum absolute atomic E-state index is 13.0. The molecule has 0 radical (unpaired) electrons. The molecule has 0 saturated carbocycles. The lowest BCUT2D eigenvalue weighted by molar-refractivity contribution is -0.113. The lowest BCUT2D eigenvalue weighted by Gasteiger charge is -2.08. The van der Waals surface area contributed by atoms with E-state index >= 15 is 0 Å². The number of hydrogen-bond acceptors (Lipinski definition) is 2. The summed E-state index contributed by atoms with van der Waals surface area (Å²) in [7, 11) is 1.56. The molecular formula is C13H13FO2. The van der Waals surface area contributed by atoms with Crippen molar-refractivity contribution in [3.8, 4) is 0 Å². The number of benzene rings is 1. The van der Waals surface area contributed by atoms with Crippen molar-refractivity contribution in [3.05, 3.63) is 40.9 Å². The zero-order valence-corrected chi connectivity index (χ0v) is 9.34. The van der Waals surface area contributed by atoms with Gasteiger partial charge in [-0.1, -0.05) is 6.07 Å². The first-order chi connectivity index (χ1) is 7.63. The van der Waals surface area contributed by atoms with E-state index in [0.717, 1.165) is 11.1 Å². The van der Waals surface area contributed by atoms with Crippen molar-refractivity contribution in [3.63, 3.8) is 0 Å². The average molecular weight is 220 g/mol. The number of halogens is 1. The van der Waals surface area contributed by atoms with Crippen LogP contribution in [0.3, 0.4) is 0 Å². The highest BCUT2D eigenvalue weighted by molar-refractivity contribution is 6.23. The average Bonchev–Trinajstić information content (AvgIpc) is 2.60. The molecule has 2 rings (SSSR count). The van der Waals surface area contributed by atoms with Crippen LogP contribution in [0.25, 0.3) is 5.57 Å². The zero-order chi connectivity index (χ0) is 11.7. The molecule has 0 atom stereocenters. The Morgan fingerprint density at radius 3 is 2.69 bits per heavy atom. The molecule has 0 aromatic heterocycles. The van der Waals surface area contributed by atoms with Gasteiger partial charge in [0.2, 0.25) is 0 Å². The summed E-state index contributed by atoms with van der Waals surface area (Å²) < 4.78 is 18.2. The van der Waals surface area contributed by atoms with Gasteiger partial charge in [0, 0.05) is 12.8 Å². The summed E-state index contributed by atoms with van der Waals surface area (Å²) in [5.74, 6) is 0.498. The number of aryl methyl sites for hydroxylation is 1. The molecule has 0 fully saturated rings. The molecule has 0 bridgehead atoms. The van der Waals surface area contributed by atoms with Gasteiger partial charge in [0.15, 0.2) is 5.78 Å². The molecule has 0 unspecified atom stereocenters. The highest BCUT2D eigenvalue weighted by atomic mass is 19.1. The summed E-state index contributed by atoms with van der Waals surface area (Å²) in [6.07, 6.45) is 1.12. The summed E-state index contributed by atoms with van der Waals surface area (Å²) in [5.41, 5.74) is 2.15. The van der Waals surface area contributed by atoms with E-state index in [0.29, 0.717) is 24.2 Å². The number of ether oxygens (including phenoxy) is 1. The number of allylic oxidation sites excluding steroid dienone is 2. The summed E-state index contributed by atoms with van der Waals surface area (Å²) in [5, 5.41) is 0. The van der Waals surface area contributed by atoms with E-state index in [2.05, 4.69) is 0 Å². The predicted octanol–water partition coefficient (Wildman–Crippen LogP) is 2.85. The zero-order valence-electron chi connectivity index (χ0n) is 9.34. The van der Waals surface area contributed by atoms with Gasteiger partial charge in [0.25, 0.3) is 0 Å². The minimum atomic E-state index is -0.286. The topological polar surface area (TPSA) is 26.3 Å². The van der Waals surface area contributed by atoms with Crippen molar-refractivity contribution in [2.24, 2.45) is 0 Å². The molecule has 1 aliphatic rings. The van der Waals surface area contributed by atoms with E-state index in [1.54, 1.807) is 20.1 Å². The lowest BCUT2D eigenvalue weighted by atomic mass is 9.99. The standard InChI is InChI=1S/C13H13FO2/c1-8-7-9(14)3-4-10(8)13-11(15)5-6-12(13)16-2/h3-4,7H,5-6H2,1-2H3. The first-order valence-electron chi connectivity index (χ1n) is 5.20. The minimum absolute atomic E-state index is 0.0755. The van der Waals surface area contributed by atoms with Gasteiger partial charge in [0.1, 0.15) is 11.6 Å². The first kappa shape index (κ1) is 10.9. The molecule has 0 spiro atoms. The Bertz CT molecular complexity index is 475. The summed E-state index contributed by atoms with van der Waals surface area (Å²) in [6.45, 7) is 1.80. The molecule has 0 saturated heterocycles. The Kier molecular flexibility index (Phi) is 2.77. The van der Waals surface area contributed by atoms with Crippen LogP contribution in [0.2, 0.25) is 0 Å². The minimum Gasteiger partial charge on any atom is -0.500 e. The van der Waals surface area contributed by atoms with Crippen LogP contribution in [0.5, 0.6) is 0 Å². The van der Waals surface area contributed by atoms with E-state index in [-0.39, 0.29) is 11.6 Å². The number of carbonyl (C=O) groups excluding carboxylic acids is 1. The third kappa shape index (κ3) is 1.73. The van der Waals surface area contributed by atoms with E-state index < -0.39 is 0 Å². The fourth-order valence-corrected chi connectivity index (χ4v) is 2.04. The molecule has 2 nitrogen and oxygen atoms in total. The highest BCUT2D eigenvalue weighted by Gasteiger charge is 2.26. The predicted molar refractivity (Wildman–Crippen MR) is 59.3 cm³/mol. The molecule has 84 valence electrons. The molecular weight excluding hydrogens is 207 g/mol. The van der Waals surface area contributed by atoms with E-state index in [1.165, 1.54) is 12.1 Å². The maximum atomic E-state index is 13.0. The Balaban J connectivity index is 2.54. The second-order valence-corrected chi connectivity index (χ2v) is 3.88. The normalized spacial score (nSPS) is 15.8. The number of carbonyl (C=O) groups is 1. The van der Waals surface area contributed by atoms with E-state index in [9.17, 15) is 9.18 Å². The molecule has 1 aromatic carbocycles. The summed E-state index contributed by atoms with van der Waals surface area (Å²) in [6, 6.07) is 4.44. The summed E-state index contributed by atoms with van der Waals surface area (Å²) >= 11 is 0. The van der Waals surface area contributed by atoms with Gasteiger partial charge >= 0.3 is 0 Å². The van der Waals surface area contributed by atoms with Gasteiger partial charge in [-0.15, -0.1) is 0 Å². The van der Waals surface area contributed by atoms with Gasteiger partial charge in [-0.2, -0.15) is 0 Å². The molecule has 0 amide bonds. The van der Waals surface area contributed by atoms with Crippen LogP contribution < -0.4 is 0 Å². The molecule has 16 heavy (non-hydrogen) atoms. The lowest BCUT2D eigenvalue weighted by Crippen LogP contribution is -1.99. The Hall–Kier alpha value is -1.64. The fourth-order valence-electron chi connectivity index (χ4n) is 2.04. The molecule has 0 aliphatic heterocycles. The third-order valence-electron chi connectivity index (χ3n) is 2.84. The van der Waals surface area contributed by atoms with Crippen LogP contribution in [-0.4, -0.2) is 12.9 Å². The number of ketones is 1. The molecule has 0 N–H and O–H groups in total. The van der Waals surface area contributed by atoms with Crippen LogP contribution in [0.15, 0.2) is 24.0 Å². The van der Waals surface area contributed by atoms with Crippen LogP contribution in [0.4, 0.5) is 4.39 Å². The van der Waals surface area contributed by atoms with Crippen molar-refractivity contribution in [1.82, 2.24) is 0 Å². The quantitative estimate of drug-likeness (QED) is 0.766. The van der Waals surface area contributed by atoms with Gasteiger partial charge in [-0.25, -0.2) is 4.39 Å². The van der Waals surface area contributed by atoms with E-state index in [1.807, 2.05) is 0 Å². The fraction of sp³-hybridized carbons (Fsp3) is 0.308. The Morgan fingerprint density at radius 1 is 1.31 bits per heavy atom. The molecule has 1 aliphatic carbocycles. The SMILES string of the molecule is COC1=C(c2ccc(F)cc2C)C(=O)CC1.